The minimum atomic E-state index is -0.136. The quantitative estimate of drug-likeness (QED) is 0.806. The average Bonchev–Trinajstić information content (AvgIpc) is 3.03. The molecule has 0 saturated heterocycles. The van der Waals surface area contributed by atoms with Gasteiger partial charge in [-0.15, -0.1) is 0 Å². The zero-order valence-electron chi connectivity index (χ0n) is 9.84. The third kappa shape index (κ3) is 1.16. The van der Waals surface area contributed by atoms with Gasteiger partial charge in [0, 0.05) is 5.69 Å². The fourth-order valence-corrected chi connectivity index (χ4v) is 2.61. The molecule has 2 aliphatic rings. The number of fused-ring (bicyclic) bond motifs is 2. The third-order valence-electron chi connectivity index (χ3n) is 4.17. The zero-order chi connectivity index (χ0) is 11.3. The lowest BCUT2D eigenvalue weighted by Gasteiger charge is -2.11. The molecule has 0 aromatic heterocycles. The van der Waals surface area contributed by atoms with Crippen LogP contribution >= 0.6 is 0 Å². The van der Waals surface area contributed by atoms with Crippen LogP contribution < -0.4 is 5.32 Å². The van der Waals surface area contributed by atoms with Crippen LogP contribution in [0.4, 0.5) is 5.69 Å². The summed E-state index contributed by atoms with van der Waals surface area (Å²) in [5.74, 6) is 0.779. The fraction of sp³-hybridized carbons (Fsp3) is 0.500. The maximum atomic E-state index is 11.9. The van der Waals surface area contributed by atoms with E-state index in [1.807, 2.05) is 0 Å². The second kappa shape index (κ2) is 3.09. The second-order valence-corrected chi connectivity index (χ2v) is 5.15. The van der Waals surface area contributed by atoms with Crippen molar-refractivity contribution in [2.24, 2.45) is 0 Å². The van der Waals surface area contributed by atoms with Gasteiger partial charge in [-0.3, -0.25) is 4.79 Å². The number of hydrogen-bond donors (Lipinski definition) is 1. The first-order valence-electron chi connectivity index (χ1n) is 6.13. The van der Waals surface area contributed by atoms with Gasteiger partial charge >= 0.3 is 0 Å². The van der Waals surface area contributed by atoms with E-state index in [0.29, 0.717) is 5.92 Å². The van der Waals surface area contributed by atoms with E-state index in [1.54, 1.807) is 0 Å². The van der Waals surface area contributed by atoms with Gasteiger partial charge in [0.25, 0.3) is 0 Å². The van der Waals surface area contributed by atoms with Crippen molar-refractivity contribution >= 4 is 11.6 Å². The van der Waals surface area contributed by atoms with Crippen molar-refractivity contribution in [1.29, 1.82) is 0 Å². The highest BCUT2D eigenvalue weighted by Crippen LogP contribution is 2.55. The lowest BCUT2D eigenvalue weighted by molar-refractivity contribution is -0.117. The Hall–Kier alpha value is -1.31. The summed E-state index contributed by atoms with van der Waals surface area (Å²) in [6, 6.07) is 6.50. The summed E-state index contributed by atoms with van der Waals surface area (Å²) in [4.78, 5) is 11.9. The summed E-state index contributed by atoms with van der Waals surface area (Å²) in [6.45, 7) is 4.42. The molecule has 0 bridgehead atoms. The maximum Gasteiger partial charge on any atom is 0.235 e. The van der Waals surface area contributed by atoms with Gasteiger partial charge in [0.05, 0.1) is 5.41 Å². The Balaban J connectivity index is 2.03. The van der Waals surface area contributed by atoms with Crippen molar-refractivity contribution in [3.05, 3.63) is 29.3 Å². The van der Waals surface area contributed by atoms with Gasteiger partial charge in [-0.2, -0.15) is 0 Å². The molecular formula is C14H17NO. The SMILES string of the molecule is CCC(C)c1ccc2c(c1)NC(=O)C21CC1. The van der Waals surface area contributed by atoms with Crippen LogP contribution in [0.3, 0.4) is 0 Å². The van der Waals surface area contributed by atoms with Crippen LogP contribution in [0.1, 0.15) is 50.2 Å². The van der Waals surface area contributed by atoms with Gasteiger partial charge in [0.2, 0.25) is 5.91 Å². The van der Waals surface area contributed by atoms with Gasteiger partial charge in [0.15, 0.2) is 0 Å². The van der Waals surface area contributed by atoms with Crippen LogP contribution in [0.5, 0.6) is 0 Å². The number of carbonyl (C=O) groups excluding carboxylic acids is 1. The summed E-state index contributed by atoms with van der Waals surface area (Å²) in [6.07, 6.45) is 3.18. The van der Waals surface area contributed by atoms with E-state index in [9.17, 15) is 4.79 Å². The Bertz CT molecular complexity index is 460. The topological polar surface area (TPSA) is 29.1 Å². The molecule has 1 saturated carbocycles. The van der Waals surface area contributed by atoms with Crippen LogP contribution in [-0.2, 0) is 10.2 Å². The molecule has 1 aliphatic heterocycles. The number of amides is 1. The van der Waals surface area contributed by atoms with Crippen molar-refractivity contribution in [2.45, 2.75) is 44.4 Å². The lowest BCUT2D eigenvalue weighted by atomic mass is 9.92. The summed E-state index contributed by atoms with van der Waals surface area (Å²) in [7, 11) is 0. The van der Waals surface area contributed by atoms with Crippen molar-refractivity contribution in [3.63, 3.8) is 0 Å². The number of benzene rings is 1. The number of hydrogen-bond acceptors (Lipinski definition) is 1. The molecule has 1 unspecified atom stereocenters. The molecule has 1 N–H and O–H groups in total. The van der Waals surface area contributed by atoms with E-state index in [1.165, 1.54) is 11.1 Å². The third-order valence-corrected chi connectivity index (χ3v) is 4.17. The largest absolute Gasteiger partial charge is 0.325 e. The molecule has 1 aromatic carbocycles. The van der Waals surface area contributed by atoms with Crippen LogP contribution in [0.15, 0.2) is 18.2 Å². The highest BCUT2D eigenvalue weighted by molar-refractivity contribution is 6.08. The average molecular weight is 215 g/mol. The molecule has 1 aromatic rings. The van der Waals surface area contributed by atoms with Crippen molar-refractivity contribution in [3.8, 4) is 0 Å². The van der Waals surface area contributed by atoms with E-state index in [2.05, 4.69) is 37.4 Å². The van der Waals surface area contributed by atoms with Gasteiger partial charge in [-0.25, -0.2) is 0 Å². The first-order chi connectivity index (χ1) is 7.67. The molecule has 84 valence electrons. The van der Waals surface area contributed by atoms with Gasteiger partial charge < -0.3 is 5.32 Å². The number of carbonyl (C=O) groups is 1. The molecule has 2 heteroatoms. The Kier molecular flexibility index (Phi) is 1.91. The molecule has 1 amide bonds. The Morgan fingerprint density at radius 2 is 2.19 bits per heavy atom. The molecular weight excluding hydrogens is 198 g/mol. The molecule has 1 atom stereocenters. The predicted molar refractivity (Wildman–Crippen MR) is 64.7 cm³/mol. The molecule has 2 nitrogen and oxygen atoms in total. The number of nitrogens with one attached hydrogen (secondary N) is 1. The van der Waals surface area contributed by atoms with E-state index < -0.39 is 0 Å². The normalized spacial score (nSPS) is 21.8. The van der Waals surface area contributed by atoms with Gasteiger partial charge in [-0.05, 0) is 42.4 Å². The first-order valence-corrected chi connectivity index (χ1v) is 6.13. The van der Waals surface area contributed by atoms with Crippen LogP contribution in [-0.4, -0.2) is 5.91 Å². The van der Waals surface area contributed by atoms with E-state index >= 15 is 0 Å². The predicted octanol–water partition coefficient (Wildman–Crippen LogP) is 3.18. The standard InChI is InChI=1S/C14H17NO/c1-3-9(2)10-4-5-11-12(8-10)15-13(16)14(11)6-7-14/h4-5,8-9H,3,6-7H2,1-2H3,(H,15,16). The zero-order valence-corrected chi connectivity index (χ0v) is 9.84. The Labute approximate surface area is 96.1 Å². The molecule has 1 fully saturated rings. The van der Waals surface area contributed by atoms with Crippen LogP contribution in [0.25, 0.3) is 0 Å². The van der Waals surface area contributed by atoms with E-state index in [-0.39, 0.29) is 11.3 Å². The van der Waals surface area contributed by atoms with E-state index in [0.717, 1.165) is 24.9 Å². The molecule has 1 heterocycles. The van der Waals surface area contributed by atoms with Crippen molar-refractivity contribution in [2.75, 3.05) is 5.32 Å². The highest BCUT2D eigenvalue weighted by Gasteiger charge is 2.56. The molecule has 3 rings (SSSR count). The summed E-state index contributed by atoms with van der Waals surface area (Å²) in [5, 5.41) is 3.03. The van der Waals surface area contributed by atoms with Crippen LogP contribution in [0.2, 0.25) is 0 Å². The summed E-state index contributed by atoms with van der Waals surface area (Å²) >= 11 is 0. The Morgan fingerprint density at radius 1 is 1.44 bits per heavy atom. The molecule has 1 aliphatic carbocycles. The lowest BCUT2D eigenvalue weighted by Crippen LogP contribution is -2.18. The minimum absolute atomic E-state index is 0.136. The first kappa shape index (κ1) is 9.88. The van der Waals surface area contributed by atoms with Gasteiger partial charge in [0.1, 0.15) is 0 Å². The van der Waals surface area contributed by atoms with Crippen LogP contribution in [0, 0.1) is 0 Å². The second-order valence-electron chi connectivity index (χ2n) is 5.15. The molecule has 0 radical (unpaired) electrons. The number of rotatable bonds is 2. The maximum absolute atomic E-state index is 11.9. The highest BCUT2D eigenvalue weighted by atomic mass is 16.2. The molecule has 1 spiro atoms. The summed E-state index contributed by atoms with van der Waals surface area (Å²) in [5.41, 5.74) is 3.48. The van der Waals surface area contributed by atoms with Gasteiger partial charge in [-0.1, -0.05) is 26.0 Å². The fourth-order valence-electron chi connectivity index (χ4n) is 2.61. The monoisotopic (exact) mass is 215 g/mol. The minimum Gasteiger partial charge on any atom is -0.325 e. The Morgan fingerprint density at radius 3 is 2.81 bits per heavy atom. The number of anilines is 1. The van der Waals surface area contributed by atoms with E-state index in [4.69, 9.17) is 0 Å². The summed E-state index contributed by atoms with van der Waals surface area (Å²) < 4.78 is 0. The van der Waals surface area contributed by atoms with Crippen molar-refractivity contribution in [1.82, 2.24) is 0 Å². The molecule has 16 heavy (non-hydrogen) atoms. The van der Waals surface area contributed by atoms with Crippen molar-refractivity contribution < 1.29 is 4.79 Å². The smallest absolute Gasteiger partial charge is 0.235 e.